The van der Waals surface area contributed by atoms with Gasteiger partial charge in [0, 0.05) is 43.0 Å². The number of nitrogens with one attached hydrogen (secondary N) is 1. The maximum atomic E-state index is 12.8. The van der Waals surface area contributed by atoms with E-state index in [4.69, 9.17) is 0 Å². The average molecular weight is 392 g/mol. The van der Waals surface area contributed by atoms with Gasteiger partial charge < -0.3 is 10.2 Å². The van der Waals surface area contributed by atoms with Crippen LogP contribution in [0.1, 0.15) is 36.3 Å². The first kappa shape index (κ1) is 18.7. The average Bonchev–Trinajstić information content (AvgIpc) is 3.29. The summed E-state index contributed by atoms with van der Waals surface area (Å²) in [6.45, 7) is 1.89. The van der Waals surface area contributed by atoms with E-state index in [9.17, 15) is 4.79 Å². The van der Waals surface area contributed by atoms with Crippen molar-refractivity contribution in [1.82, 2.24) is 10.3 Å². The highest BCUT2D eigenvalue weighted by atomic mass is 32.1. The quantitative estimate of drug-likeness (QED) is 0.675. The van der Waals surface area contributed by atoms with E-state index in [0.29, 0.717) is 6.42 Å². The third-order valence-corrected chi connectivity index (χ3v) is 6.18. The van der Waals surface area contributed by atoms with Crippen LogP contribution in [0.15, 0.2) is 72.2 Å². The van der Waals surface area contributed by atoms with E-state index < -0.39 is 0 Å². The lowest BCUT2D eigenvalue weighted by Crippen LogP contribution is -2.45. The van der Waals surface area contributed by atoms with Crippen molar-refractivity contribution in [3.63, 3.8) is 0 Å². The van der Waals surface area contributed by atoms with Crippen LogP contribution in [0, 0.1) is 0 Å². The maximum Gasteiger partial charge on any atom is 0.221 e. The first-order chi connectivity index (χ1) is 13.8. The van der Waals surface area contributed by atoms with E-state index >= 15 is 0 Å². The Hall–Kier alpha value is -2.66. The summed E-state index contributed by atoms with van der Waals surface area (Å²) in [6, 6.07) is 20.9. The molecule has 3 aromatic rings. The van der Waals surface area contributed by atoms with Crippen LogP contribution in [0.25, 0.3) is 0 Å². The monoisotopic (exact) mass is 391 g/mol. The fourth-order valence-electron chi connectivity index (χ4n) is 3.86. The second kappa shape index (κ2) is 9.02. The Kier molecular flexibility index (Phi) is 6.02. The van der Waals surface area contributed by atoms with E-state index in [-0.39, 0.29) is 17.9 Å². The number of aromatic nitrogens is 1. The van der Waals surface area contributed by atoms with Crippen LogP contribution < -0.4 is 10.2 Å². The number of thiazole rings is 1. The minimum atomic E-state index is 0.0813. The standard InChI is InChI=1S/C23H25N3OS/c27-22(25-20-11-14-26(15-12-20)23-24-13-16-28-23)17-21(18-7-3-1-4-8-18)19-9-5-2-6-10-19/h1-10,13,16,20-21H,11-12,14-15,17H2,(H,25,27). The molecule has 0 bridgehead atoms. The van der Waals surface area contributed by atoms with Gasteiger partial charge in [0.15, 0.2) is 5.13 Å². The Labute approximate surface area is 170 Å². The van der Waals surface area contributed by atoms with Crippen LogP contribution in [0.3, 0.4) is 0 Å². The second-order valence-corrected chi connectivity index (χ2v) is 8.09. The fraction of sp³-hybridized carbons (Fsp3) is 0.304. The molecule has 28 heavy (non-hydrogen) atoms. The van der Waals surface area contributed by atoms with Crippen LogP contribution in [0.2, 0.25) is 0 Å². The molecule has 1 amide bonds. The van der Waals surface area contributed by atoms with Crippen LogP contribution in [0.4, 0.5) is 5.13 Å². The predicted octanol–water partition coefficient (Wildman–Crippen LogP) is 4.45. The summed E-state index contributed by atoms with van der Waals surface area (Å²) in [5, 5.41) is 6.36. The van der Waals surface area contributed by atoms with Crippen molar-refractivity contribution < 1.29 is 4.79 Å². The zero-order chi connectivity index (χ0) is 19.2. The van der Waals surface area contributed by atoms with E-state index in [1.807, 2.05) is 48.0 Å². The highest BCUT2D eigenvalue weighted by Crippen LogP contribution is 2.28. The molecular formula is C23H25N3OS. The number of rotatable bonds is 6. The fourth-order valence-corrected chi connectivity index (χ4v) is 4.55. The van der Waals surface area contributed by atoms with Gasteiger partial charge in [0.2, 0.25) is 5.91 Å². The van der Waals surface area contributed by atoms with Crippen molar-refractivity contribution in [2.45, 2.75) is 31.2 Å². The number of nitrogens with zero attached hydrogens (tertiary/aromatic N) is 2. The summed E-state index contributed by atoms with van der Waals surface area (Å²) in [7, 11) is 0. The topological polar surface area (TPSA) is 45.2 Å². The van der Waals surface area contributed by atoms with Gasteiger partial charge in [0.05, 0.1) is 0 Å². The molecule has 0 unspecified atom stereocenters. The van der Waals surface area contributed by atoms with Gasteiger partial charge in [0.1, 0.15) is 0 Å². The Bertz CT molecular complexity index is 820. The van der Waals surface area contributed by atoms with Crippen LogP contribution in [0.5, 0.6) is 0 Å². The SMILES string of the molecule is O=C(CC(c1ccccc1)c1ccccc1)NC1CCN(c2nccs2)CC1. The van der Waals surface area contributed by atoms with Gasteiger partial charge in [0.25, 0.3) is 0 Å². The lowest BCUT2D eigenvalue weighted by Gasteiger charge is -2.32. The number of carbonyl (C=O) groups excluding carboxylic acids is 1. The number of amides is 1. The number of carbonyl (C=O) groups is 1. The highest BCUT2D eigenvalue weighted by Gasteiger charge is 2.24. The molecule has 1 fully saturated rings. The molecule has 4 nitrogen and oxygen atoms in total. The minimum Gasteiger partial charge on any atom is -0.353 e. The van der Waals surface area contributed by atoms with Gasteiger partial charge >= 0.3 is 0 Å². The molecule has 2 heterocycles. The molecule has 0 saturated carbocycles. The van der Waals surface area contributed by atoms with Crippen LogP contribution in [-0.2, 0) is 4.79 Å². The summed E-state index contributed by atoms with van der Waals surface area (Å²) in [6.07, 6.45) is 4.25. The number of piperidine rings is 1. The van der Waals surface area contributed by atoms with Gasteiger partial charge in [-0.3, -0.25) is 4.79 Å². The Morgan fingerprint density at radius 2 is 1.64 bits per heavy atom. The van der Waals surface area contributed by atoms with E-state index in [1.54, 1.807) is 11.3 Å². The number of benzene rings is 2. The Morgan fingerprint density at radius 3 is 2.18 bits per heavy atom. The zero-order valence-corrected chi connectivity index (χ0v) is 16.6. The number of anilines is 1. The highest BCUT2D eigenvalue weighted by molar-refractivity contribution is 7.13. The molecule has 1 aliphatic rings. The molecule has 1 saturated heterocycles. The number of hydrogen-bond donors (Lipinski definition) is 1. The lowest BCUT2D eigenvalue weighted by atomic mass is 9.88. The molecular weight excluding hydrogens is 366 g/mol. The largest absolute Gasteiger partial charge is 0.353 e. The molecule has 0 atom stereocenters. The van der Waals surface area contributed by atoms with E-state index in [0.717, 1.165) is 31.1 Å². The summed E-state index contributed by atoms with van der Waals surface area (Å²) in [5.41, 5.74) is 2.37. The van der Waals surface area contributed by atoms with Crippen molar-refractivity contribution in [2.75, 3.05) is 18.0 Å². The van der Waals surface area contributed by atoms with Crippen molar-refractivity contribution in [3.05, 3.63) is 83.4 Å². The Balaban J connectivity index is 1.37. The van der Waals surface area contributed by atoms with Crippen molar-refractivity contribution in [3.8, 4) is 0 Å². The molecule has 0 aliphatic carbocycles. The molecule has 0 spiro atoms. The van der Waals surface area contributed by atoms with Gasteiger partial charge in [-0.25, -0.2) is 4.98 Å². The Morgan fingerprint density at radius 1 is 1.04 bits per heavy atom. The molecule has 0 radical (unpaired) electrons. The normalized spacial score (nSPS) is 15.0. The van der Waals surface area contributed by atoms with Crippen molar-refractivity contribution >= 4 is 22.4 Å². The van der Waals surface area contributed by atoms with Crippen LogP contribution >= 0.6 is 11.3 Å². The molecule has 1 aromatic heterocycles. The summed E-state index contributed by atoms with van der Waals surface area (Å²) in [4.78, 5) is 19.5. The number of hydrogen-bond acceptors (Lipinski definition) is 4. The lowest BCUT2D eigenvalue weighted by molar-refractivity contribution is -0.122. The van der Waals surface area contributed by atoms with E-state index in [2.05, 4.69) is 39.5 Å². The summed E-state index contributed by atoms with van der Waals surface area (Å²) < 4.78 is 0. The van der Waals surface area contributed by atoms with Gasteiger partial charge in [-0.05, 0) is 24.0 Å². The second-order valence-electron chi connectivity index (χ2n) is 7.22. The molecule has 5 heteroatoms. The summed E-state index contributed by atoms with van der Waals surface area (Å²) in [5.74, 6) is 0.211. The molecule has 2 aromatic carbocycles. The van der Waals surface area contributed by atoms with Crippen molar-refractivity contribution in [1.29, 1.82) is 0 Å². The van der Waals surface area contributed by atoms with Crippen LogP contribution in [-0.4, -0.2) is 30.0 Å². The molecule has 144 valence electrons. The maximum absolute atomic E-state index is 12.8. The third kappa shape index (κ3) is 4.60. The van der Waals surface area contributed by atoms with Crippen molar-refractivity contribution in [2.24, 2.45) is 0 Å². The molecule has 4 rings (SSSR count). The predicted molar refractivity (Wildman–Crippen MR) is 115 cm³/mol. The smallest absolute Gasteiger partial charge is 0.221 e. The summed E-state index contributed by atoms with van der Waals surface area (Å²) >= 11 is 1.68. The van der Waals surface area contributed by atoms with Gasteiger partial charge in [-0.15, -0.1) is 11.3 Å². The molecule has 1 N–H and O–H groups in total. The zero-order valence-electron chi connectivity index (χ0n) is 15.8. The van der Waals surface area contributed by atoms with Gasteiger partial charge in [-0.1, -0.05) is 60.7 Å². The van der Waals surface area contributed by atoms with E-state index in [1.165, 1.54) is 11.1 Å². The third-order valence-electron chi connectivity index (χ3n) is 5.34. The first-order valence-electron chi connectivity index (χ1n) is 9.83. The van der Waals surface area contributed by atoms with Gasteiger partial charge in [-0.2, -0.15) is 0 Å². The minimum absolute atomic E-state index is 0.0813. The molecule has 1 aliphatic heterocycles. The first-order valence-corrected chi connectivity index (χ1v) is 10.7.